The second kappa shape index (κ2) is 12.0. The van der Waals surface area contributed by atoms with Crippen molar-refractivity contribution in [2.45, 2.75) is 13.5 Å². The van der Waals surface area contributed by atoms with Gasteiger partial charge in [0.05, 0.1) is 30.7 Å². The number of halogens is 1. The Balaban J connectivity index is 1.49. The standard InChI is InChI=1S/C28H22ClN5O5S/c1-2-38-24(35)23-16-30-27(40-23)39-22-14-12-20(13-15-22)31-25-32-26(36)34(21-6-4-3-5-7-21)28(37)33(25)17-18-8-10-19(29)11-9-18/h3-16H,2,17H2,1H3,(H,31,32,36). The summed E-state index contributed by atoms with van der Waals surface area (Å²) >= 11 is 7.10. The Morgan fingerprint density at radius 3 is 2.45 bits per heavy atom. The van der Waals surface area contributed by atoms with E-state index in [0.29, 0.717) is 27.0 Å². The lowest BCUT2D eigenvalue weighted by Crippen LogP contribution is -2.49. The van der Waals surface area contributed by atoms with Gasteiger partial charge < -0.3 is 9.47 Å². The molecule has 1 N–H and O–H groups in total. The number of esters is 1. The Morgan fingerprint density at radius 2 is 1.75 bits per heavy atom. The molecule has 0 unspecified atom stereocenters. The summed E-state index contributed by atoms with van der Waals surface area (Å²) in [6, 6.07) is 22.4. The molecule has 0 aliphatic rings. The monoisotopic (exact) mass is 575 g/mol. The van der Waals surface area contributed by atoms with Gasteiger partial charge in [-0.3, -0.25) is 9.55 Å². The number of para-hydroxylation sites is 1. The molecule has 12 heteroatoms. The van der Waals surface area contributed by atoms with E-state index in [0.717, 1.165) is 21.5 Å². The lowest BCUT2D eigenvalue weighted by Gasteiger charge is -2.11. The maximum absolute atomic E-state index is 13.6. The topological polar surface area (TPSA) is 121 Å². The lowest BCUT2D eigenvalue weighted by molar-refractivity contribution is 0.0532. The number of carbonyl (C=O) groups excluding carboxylic acids is 1. The summed E-state index contributed by atoms with van der Waals surface area (Å²) in [4.78, 5) is 50.2. The van der Waals surface area contributed by atoms with Crippen LogP contribution in [0.15, 0.2) is 99.6 Å². The number of hydrogen-bond acceptors (Lipinski definition) is 8. The van der Waals surface area contributed by atoms with E-state index in [1.165, 1.54) is 10.8 Å². The summed E-state index contributed by atoms with van der Waals surface area (Å²) < 4.78 is 13.2. The molecule has 40 heavy (non-hydrogen) atoms. The van der Waals surface area contributed by atoms with Gasteiger partial charge in [0.25, 0.3) is 5.19 Å². The van der Waals surface area contributed by atoms with Crippen molar-refractivity contribution in [2.75, 3.05) is 6.61 Å². The first-order chi connectivity index (χ1) is 19.4. The molecular weight excluding hydrogens is 554 g/mol. The largest absolute Gasteiger partial charge is 0.462 e. The number of nitrogens with zero attached hydrogens (tertiary/aromatic N) is 4. The first kappa shape index (κ1) is 26.9. The molecule has 0 atom stereocenters. The van der Waals surface area contributed by atoms with Crippen LogP contribution in [0, 0.1) is 0 Å². The molecule has 5 aromatic rings. The third-order valence-electron chi connectivity index (χ3n) is 5.61. The van der Waals surface area contributed by atoms with Gasteiger partial charge in [0, 0.05) is 5.02 Å². The van der Waals surface area contributed by atoms with Crippen LogP contribution in [0.3, 0.4) is 0 Å². The van der Waals surface area contributed by atoms with Gasteiger partial charge in [0.15, 0.2) is 0 Å². The van der Waals surface area contributed by atoms with Gasteiger partial charge in [-0.2, -0.15) is 0 Å². The van der Waals surface area contributed by atoms with Crippen LogP contribution in [0.25, 0.3) is 5.69 Å². The number of benzene rings is 3. The summed E-state index contributed by atoms with van der Waals surface area (Å²) in [5, 5.41) is 0.849. The van der Waals surface area contributed by atoms with E-state index in [1.807, 2.05) is 0 Å². The third-order valence-corrected chi connectivity index (χ3v) is 6.71. The SMILES string of the molecule is CCOC(=O)c1cnc(Oc2ccc(/N=c3\[nH]c(=O)n(-c4ccccc4)c(=O)n3Cc3ccc(Cl)cc3)cc2)s1. The Morgan fingerprint density at radius 1 is 1.02 bits per heavy atom. The van der Waals surface area contributed by atoms with Gasteiger partial charge >= 0.3 is 17.3 Å². The highest BCUT2D eigenvalue weighted by molar-refractivity contribution is 7.15. The molecule has 2 heterocycles. The smallest absolute Gasteiger partial charge is 0.350 e. The second-order valence-electron chi connectivity index (χ2n) is 8.34. The van der Waals surface area contributed by atoms with Crippen LogP contribution in [0.5, 0.6) is 10.9 Å². The van der Waals surface area contributed by atoms with Crippen LogP contribution >= 0.6 is 22.9 Å². The van der Waals surface area contributed by atoms with Crippen LogP contribution in [0.2, 0.25) is 5.02 Å². The molecule has 10 nitrogen and oxygen atoms in total. The molecule has 5 rings (SSSR count). The fourth-order valence-corrected chi connectivity index (χ4v) is 4.54. The molecule has 0 saturated carbocycles. The first-order valence-electron chi connectivity index (χ1n) is 12.1. The molecule has 0 amide bonds. The molecule has 202 valence electrons. The highest BCUT2D eigenvalue weighted by atomic mass is 35.5. The van der Waals surface area contributed by atoms with Crippen molar-refractivity contribution in [3.05, 3.63) is 127 Å². The fraction of sp³-hybridized carbons (Fsp3) is 0.107. The number of thiazole rings is 1. The van der Waals surface area contributed by atoms with Crippen molar-refractivity contribution in [3.8, 4) is 16.6 Å². The maximum Gasteiger partial charge on any atom is 0.350 e. The van der Waals surface area contributed by atoms with Crippen LogP contribution < -0.4 is 21.7 Å². The number of hydrogen-bond donors (Lipinski definition) is 1. The van der Waals surface area contributed by atoms with Crippen molar-refractivity contribution in [2.24, 2.45) is 4.99 Å². The van der Waals surface area contributed by atoms with Gasteiger partial charge in [-0.15, -0.1) is 0 Å². The zero-order valence-electron chi connectivity index (χ0n) is 21.1. The molecule has 3 aromatic carbocycles. The number of aromatic amines is 1. The van der Waals surface area contributed by atoms with Crippen molar-refractivity contribution in [1.29, 1.82) is 0 Å². The van der Waals surface area contributed by atoms with E-state index in [9.17, 15) is 14.4 Å². The minimum atomic E-state index is -0.622. The normalized spacial score (nSPS) is 11.4. The van der Waals surface area contributed by atoms with E-state index in [4.69, 9.17) is 21.1 Å². The molecule has 0 saturated heterocycles. The van der Waals surface area contributed by atoms with Crippen molar-refractivity contribution >= 4 is 34.6 Å². The predicted molar refractivity (Wildman–Crippen MR) is 151 cm³/mol. The van der Waals surface area contributed by atoms with Crippen LogP contribution in [0.4, 0.5) is 5.69 Å². The van der Waals surface area contributed by atoms with Crippen molar-refractivity contribution in [1.82, 2.24) is 19.1 Å². The third kappa shape index (κ3) is 6.11. The van der Waals surface area contributed by atoms with Gasteiger partial charge in [-0.1, -0.05) is 53.3 Å². The maximum atomic E-state index is 13.6. The molecule has 0 fully saturated rings. The van der Waals surface area contributed by atoms with Crippen LogP contribution in [0.1, 0.15) is 22.2 Å². The van der Waals surface area contributed by atoms with Crippen molar-refractivity contribution in [3.63, 3.8) is 0 Å². The molecule has 0 aliphatic heterocycles. The van der Waals surface area contributed by atoms with E-state index in [2.05, 4.69) is 15.0 Å². The molecule has 0 radical (unpaired) electrons. The van der Waals surface area contributed by atoms with Gasteiger partial charge in [0.2, 0.25) is 5.62 Å². The summed E-state index contributed by atoms with van der Waals surface area (Å²) in [5.41, 5.74) is 0.595. The molecular formula is C28H22ClN5O5S. The summed E-state index contributed by atoms with van der Waals surface area (Å²) in [7, 11) is 0. The van der Waals surface area contributed by atoms with E-state index in [1.54, 1.807) is 85.8 Å². The number of nitrogens with one attached hydrogen (secondary N) is 1. The Kier molecular flexibility index (Phi) is 8.04. The molecule has 0 spiro atoms. The fourth-order valence-electron chi connectivity index (χ4n) is 3.74. The quantitative estimate of drug-likeness (QED) is 0.268. The Labute approximate surface area is 236 Å². The van der Waals surface area contributed by atoms with E-state index < -0.39 is 17.3 Å². The number of rotatable bonds is 8. The van der Waals surface area contributed by atoms with Gasteiger partial charge in [-0.25, -0.2) is 28.9 Å². The number of H-pyrrole nitrogens is 1. The minimum Gasteiger partial charge on any atom is -0.462 e. The Bertz CT molecular complexity index is 1820. The number of carbonyl (C=O) groups is 1. The van der Waals surface area contributed by atoms with Crippen molar-refractivity contribution < 1.29 is 14.3 Å². The predicted octanol–water partition coefficient (Wildman–Crippen LogP) is 4.69. The van der Waals surface area contributed by atoms with E-state index in [-0.39, 0.29) is 24.0 Å². The first-order valence-corrected chi connectivity index (χ1v) is 13.3. The molecule has 0 aliphatic carbocycles. The lowest BCUT2D eigenvalue weighted by atomic mass is 10.2. The summed E-state index contributed by atoms with van der Waals surface area (Å²) in [6.07, 6.45) is 1.40. The zero-order chi connectivity index (χ0) is 28.1. The Hall–Kier alpha value is -4.74. The van der Waals surface area contributed by atoms with Crippen LogP contribution in [-0.4, -0.2) is 31.7 Å². The average Bonchev–Trinajstić information content (AvgIpc) is 3.42. The second-order valence-corrected chi connectivity index (χ2v) is 9.77. The zero-order valence-corrected chi connectivity index (χ0v) is 22.7. The summed E-state index contributed by atoms with van der Waals surface area (Å²) in [5.74, 6) is 0.00446. The minimum absolute atomic E-state index is 0.0739. The summed E-state index contributed by atoms with van der Waals surface area (Å²) in [6.45, 7) is 2.14. The highest BCUT2D eigenvalue weighted by Gasteiger charge is 2.14. The highest BCUT2D eigenvalue weighted by Crippen LogP contribution is 2.28. The van der Waals surface area contributed by atoms with E-state index >= 15 is 0 Å². The number of aromatic nitrogens is 4. The molecule has 2 aromatic heterocycles. The van der Waals surface area contributed by atoms with Crippen LogP contribution in [-0.2, 0) is 11.3 Å². The van der Waals surface area contributed by atoms with Gasteiger partial charge in [0.1, 0.15) is 10.6 Å². The average molecular weight is 576 g/mol. The molecule has 0 bridgehead atoms. The number of ether oxygens (including phenoxy) is 2. The van der Waals surface area contributed by atoms with Gasteiger partial charge in [-0.05, 0) is 61.0 Å².